The van der Waals surface area contributed by atoms with Crippen LogP contribution in [0, 0.1) is 5.82 Å². The van der Waals surface area contributed by atoms with Gasteiger partial charge in [-0.15, -0.1) is 10.2 Å². The van der Waals surface area contributed by atoms with E-state index in [4.69, 9.17) is 0 Å². The molecule has 0 atom stereocenters. The number of aromatic nitrogens is 3. The number of rotatable bonds is 8. The van der Waals surface area contributed by atoms with Crippen LogP contribution in [0.3, 0.4) is 0 Å². The number of halogens is 1. The number of carbonyl (C=O) groups excluding carboxylic acids is 1. The fourth-order valence-corrected chi connectivity index (χ4v) is 4.01. The summed E-state index contributed by atoms with van der Waals surface area (Å²) in [6.45, 7) is 4.02. The van der Waals surface area contributed by atoms with Crippen molar-refractivity contribution in [3.05, 3.63) is 83.2 Å². The molecule has 1 aromatic heterocycles. The zero-order valence-electron chi connectivity index (χ0n) is 19.7. The summed E-state index contributed by atoms with van der Waals surface area (Å²) in [7, 11) is 4.08. The minimum absolute atomic E-state index is 0.218. The molecule has 1 amide bonds. The summed E-state index contributed by atoms with van der Waals surface area (Å²) in [5.41, 5.74) is 2.83. The Kier molecular flexibility index (Phi) is 7.69. The van der Waals surface area contributed by atoms with Gasteiger partial charge >= 0.3 is 0 Å². The van der Waals surface area contributed by atoms with Crippen LogP contribution in [-0.4, -0.2) is 65.8 Å². The van der Waals surface area contributed by atoms with Gasteiger partial charge in [-0.1, -0.05) is 24.3 Å². The van der Waals surface area contributed by atoms with Crippen LogP contribution >= 0.6 is 0 Å². The molecule has 0 spiro atoms. The third-order valence-corrected chi connectivity index (χ3v) is 6.02. The number of nitrogens with zero attached hydrogens (tertiary/aromatic N) is 5. The summed E-state index contributed by atoms with van der Waals surface area (Å²) < 4.78 is 15.2. The van der Waals surface area contributed by atoms with Gasteiger partial charge in [0, 0.05) is 70.9 Å². The Hall–Kier alpha value is -3.52. The van der Waals surface area contributed by atoms with E-state index in [9.17, 15) is 9.18 Å². The van der Waals surface area contributed by atoms with Crippen molar-refractivity contribution in [2.45, 2.75) is 19.4 Å². The lowest BCUT2D eigenvalue weighted by molar-refractivity contribution is 0.0954. The molecule has 4 rings (SSSR count). The number of anilines is 1. The highest BCUT2D eigenvalue weighted by Crippen LogP contribution is 2.14. The first-order valence-corrected chi connectivity index (χ1v) is 11.6. The molecule has 0 saturated heterocycles. The number of hydrogen-bond acceptors (Lipinski definition) is 5. The van der Waals surface area contributed by atoms with Gasteiger partial charge < -0.3 is 14.8 Å². The third-order valence-electron chi connectivity index (χ3n) is 6.02. The van der Waals surface area contributed by atoms with Crippen molar-refractivity contribution in [3.8, 4) is 0 Å². The number of benzene rings is 2. The van der Waals surface area contributed by atoms with Crippen molar-refractivity contribution >= 4 is 17.7 Å². The Morgan fingerprint density at radius 2 is 1.82 bits per heavy atom. The second-order valence-electron chi connectivity index (χ2n) is 8.64. The van der Waals surface area contributed by atoms with Gasteiger partial charge in [0.1, 0.15) is 17.5 Å². The number of fused-ring (bicyclic) bond motifs is 1. The highest BCUT2D eigenvalue weighted by Gasteiger charge is 2.18. The average Bonchev–Trinajstić information content (AvgIpc) is 3.10. The molecule has 7 nitrogen and oxygen atoms in total. The van der Waals surface area contributed by atoms with Crippen LogP contribution in [0.4, 0.5) is 10.1 Å². The van der Waals surface area contributed by atoms with Gasteiger partial charge in [-0.2, -0.15) is 0 Å². The molecular formula is C26H31FN6O. The number of amides is 1. The Morgan fingerprint density at radius 3 is 2.56 bits per heavy atom. The van der Waals surface area contributed by atoms with E-state index in [0.717, 1.165) is 44.2 Å². The van der Waals surface area contributed by atoms with E-state index in [1.54, 1.807) is 0 Å². The van der Waals surface area contributed by atoms with Gasteiger partial charge in [0.15, 0.2) is 0 Å². The maximum atomic E-state index is 13.0. The molecule has 0 radical (unpaired) electrons. The molecule has 0 bridgehead atoms. The van der Waals surface area contributed by atoms with Crippen LogP contribution in [-0.2, 0) is 19.4 Å². The second-order valence-corrected chi connectivity index (χ2v) is 8.64. The molecule has 8 heteroatoms. The second kappa shape index (κ2) is 11.1. The Morgan fingerprint density at radius 1 is 1.06 bits per heavy atom. The fraction of sp³-hybridized carbons (Fsp3) is 0.346. The van der Waals surface area contributed by atoms with Gasteiger partial charge in [0.2, 0.25) is 0 Å². The van der Waals surface area contributed by atoms with Crippen molar-refractivity contribution in [2.24, 2.45) is 0 Å². The van der Waals surface area contributed by atoms with Gasteiger partial charge in [-0.05, 0) is 42.0 Å². The van der Waals surface area contributed by atoms with E-state index < -0.39 is 0 Å². The van der Waals surface area contributed by atoms with Crippen molar-refractivity contribution in [1.82, 2.24) is 25.0 Å². The predicted octanol–water partition coefficient (Wildman–Crippen LogP) is 3.03. The van der Waals surface area contributed by atoms with Crippen LogP contribution in [0.2, 0.25) is 0 Å². The van der Waals surface area contributed by atoms with Crippen molar-refractivity contribution in [3.63, 3.8) is 0 Å². The largest absolute Gasteiger partial charge is 0.378 e. The van der Waals surface area contributed by atoms with Crippen LogP contribution in [0.1, 0.15) is 27.6 Å². The standard InChI is InChI=1S/C26H31FN6O/c1-31(2)23-11-5-20(6-12-23)4-3-16-32-17-14-25-30-29-24(33(25)19-18-32)13-15-28-26(34)21-7-9-22(27)10-8-21/h3-12H,13-19H2,1-2H3,(H,28,34)/b4-3+. The van der Waals surface area contributed by atoms with Crippen molar-refractivity contribution in [2.75, 3.05) is 45.2 Å². The Labute approximate surface area is 199 Å². The quantitative estimate of drug-likeness (QED) is 0.558. The summed E-state index contributed by atoms with van der Waals surface area (Å²) in [6.07, 6.45) is 5.83. The van der Waals surface area contributed by atoms with Gasteiger partial charge in [0.05, 0.1) is 0 Å². The van der Waals surface area contributed by atoms with Crippen LogP contribution in [0.15, 0.2) is 54.6 Å². The van der Waals surface area contributed by atoms with Crippen molar-refractivity contribution < 1.29 is 9.18 Å². The highest BCUT2D eigenvalue weighted by atomic mass is 19.1. The monoisotopic (exact) mass is 462 g/mol. The first-order valence-electron chi connectivity index (χ1n) is 11.6. The zero-order chi connectivity index (χ0) is 23.9. The lowest BCUT2D eigenvalue weighted by Crippen LogP contribution is -2.28. The van der Waals surface area contributed by atoms with E-state index in [1.807, 2.05) is 14.1 Å². The first kappa shape index (κ1) is 23.6. The molecule has 1 aliphatic rings. The zero-order valence-corrected chi connectivity index (χ0v) is 19.7. The van der Waals surface area contributed by atoms with Gasteiger partial charge in [0.25, 0.3) is 5.91 Å². The molecule has 178 valence electrons. The summed E-state index contributed by atoms with van der Waals surface area (Å²) in [6, 6.07) is 14.1. The lowest BCUT2D eigenvalue weighted by atomic mass is 10.2. The number of carbonyl (C=O) groups is 1. The molecular weight excluding hydrogens is 431 g/mol. The normalized spacial score (nSPS) is 14.1. The minimum atomic E-state index is -0.356. The SMILES string of the molecule is CN(C)c1ccc(/C=C/CN2CCc3nnc(CCNC(=O)c4ccc(F)cc4)n3CC2)cc1. The van der Waals surface area contributed by atoms with E-state index >= 15 is 0 Å². The Balaban J connectivity index is 1.25. The molecule has 0 saturated carbocycles. The van der Waals surface area contributed by atoms with E-state index in [-0.39, 0.29) is 11.7 Å². The van der Waals surface area contributed by atoms with Crippen molar-refractivity contribution in [1.29, 1.82) is 0 Å². The molecule has 2 heterocycles. The fourth-order valence-electron chi connectivity index (χ4n) is 4.01. The molecule has 2 aromatic carbocycles. The highest BCUT2D eigenvalue weighted by molar-refractivity contribution is 5.94. The molecule has 1 N–H and O–H groups in total. The predicted molar refractivity (Wildman–Crippen MR) is 132 cm³/mol. The molecule has 3 aromatic rings. The molecule has 0 aliphatic carbocycles. The van der Waals surface area contributed by atoms with E-state index in [1.165, 1.54) is 35.5 Å². The number of hydrogen-bond donors (Lipinski definition) is 1. The van der Waals surface area contributed by atoms with Crippen LogP contribution in [0.25, 0.3) is 6.08 Å². The van der Waals surface area contributed by atoms with E-state index in [2.05, 4.69) is 66.3 Å². The van der Waals surface area contributed by atoms with E-state index in [0.29, 0.717) is 18.5 Å². The summed E-state index contributed by atoms with van der Waals surface area (Å²) in [5.74, 6) is 1.30. The topological polar surface area (TPSA) is 66.3 Å². The molecule has 1 aliphatic heterocycles. The minimum Gasteiger partial charge on any atom is -0.378 e. The maximum absolute atomic E-state index is 13.0. The Bertz CT molecular complexity index is 1120. The average molecular weight is 463 g/mol. The van der Waals surface area contributed by atoms with Crippen LogP contribution in [0.5, 0.6) is 0 Å². The molecule has 0 fully saturated rings. The first-order chi connectivity index (χ1) is 16.5. The van der Waals surface area contributed by atoms with Crippen LogP contribution < -0.4 is 10.2 Å². The lowest BCUT2D eigenvalue weighted by Gasteiger charge is -2.17. The maximum Gasteiger partial charge on any atom is 0.251 e. The molecule has 34 heavy (non-hydrogen) atoms. The molecule has 0 unspecified atom stereocenters. The van der Waals surface area contributed by atoms with Gasteiger partial charge in [-0.3, -0.25) is 9.69 Å². The summed E-state index contributed by atoms with van der Waals surface area (Å²) in [4.78, 5) is 16.7. The number of nitrogens with one attached hydrogen (secondary N) is 1. The third kappa shape index (κ3) is 6.08. The summed E-state index contributed by atoms with van der Waals surface area (Å²) >= 11 is 0. The summed E-state index contributed by atoms with van der Waals surface area (Å²) in [5, 5.41) is 11.6. The smallest absolute Gasteiger partial charge is 0.251 e. The van der Waals surface area contributed by atoms with Gasteiger partial charge in [-0.25, -0.2) is 4.39 Å².